The summed E-state index contributed by atoms with van der Waals surface area (Å²) in [6.45, 7) is 6.54. The normalized spacial score (nSPS) is 10.4. The second-order valence-electron chi connectivity index (χ2n) is 3.65. The van der Waals surface area contributed by atoms with Crippen LogP contribution in [0.1, 0.15) is 42.6 Å². The highest BCUT2D eigenvalue weighted by Crippen LogP contribution is 2.27. The lowest BCUT2D eigenvalue weighted by atomic mass is 10.0. The van der Waals surface area contributed by atoms with Crippen LogP contribution in [0.15, 0.2) is 18.2 Å². The first kappa shape index (κ1) is 11.6. The van der Waals surface area contributed by atoms with E-state index in [0.717, 1.165) is 5.56 Å². The van der Waals surface area contributed by atoms with Crippen molar-refractivity contribution < 1.29 is 14.6 Å². The molecule has 1 aromatic rings. The smallest absolute Gasteiger partial charge is 0.335 e. The number of carboxylic acid groups (broad SMARTS) is 1. The van der Waals surface area contributed by atoms with Gasteiger partial charge in [-0.3, -0.25) is 0 Å². The zero-order chi connectivity index (χ0) is 11.4. The number of rotatable bonds is 4. The molecule has 0 aliphatic carbocycles. The summed E-state index contributed by atoms with van der Waals surface area (Å²) in [5.74, 6) is 0.0769. The van der Waals surface area contributed by atoms with Gasteiger partial charge in [-0.05, 0) is 30.5 Å². The second kappa shape index (κ2) is 4.82. The molecule has 1 aromatic carbocycles. The third kappa shape index (κ3) is 2.72. The van der Waals surface area contributed by atoms with Crippen molar-refractivity contribution in [3.8, 4) is 5.75 Å². The Bertz CT molecular complexity index is 356. The highest BCUT2D eigenvalue weighted by atomic mass is 16.5. The lowest BCUT2D eigenvalue weighted by molar-refractivity contribution is 0.0696. The first-order valence-electron chi connectivity index (χ1n) is 5.06. The predicted octanol–water partition coefficient (Wildman–Crippen LogP) is 2.91. The van der Waals surface area contributed by atoms with Crippen LogP contribution in [-0.2, 0) is 0 Å². The summed E-state index contributed by atoms with van der Waals surface area (Å²) in [7, 11) is 0. The number of ether oxygens (including phenoxy) is 1. The van der Waals surface area contributed by atoms with Crippen molar-refractivity contribution in [1.29, 1.82) is 0 Å². The molecule has 0 bridgehead atoms. The minimum absolute atomic E-state index is 0.267. The zero-order valence-corrected chi connectivity index (χ0v) is 9.28. The number of hydrogen-bond donors (Lipinski definition) is 1. The van der Waals surface area contributed by atoms with E-state index in [-0.39, 0.29) is 5.56 Å². The first-order chi connectivity index (χ1) is 7.06. The second-order valence-corrected chi connectivity index (χ2v) is 3.65. The Morgan fingerprint density at radius 2 is 2.13 bits per heavy atom. The molecule has 0 aromatic heterocycles. The third-order valence-corrected chi connectivity index (χ3v) is 2.18. The molecule has 15 heavy (non-hydrogen) atoms. The molecular weight excluding hydrogens is 192 g/mol. The van der Waals surface area contributed by atoms with Crippen LogP contribution >= 0.6 is 0 Å². The van der Waals surface area contributed by atoms with Crippen LogP contribution in [0.4, 0.5) is 0 Å². The van der Waals surface area contributed by atoms with Gasteiger partial charge in [-0.1, -0.05) is 19.9 Å². The van der Waals surface area contributed by atoms with Crippen molar-refractivity contribution in [2.75, 3.05) is 6.61 Å². The van der Waals surface area contributed by atoms with E-state index in [4.69, 9.17) is 9.84 Å². The molecule has 0 aliphatic rings. The highest BCUT2D eigenvalue weighted by molar-refractivity contribution is 5.88. The average molecular weight is 208 g/mol. The van der Waals surface area contributed by atoms with E-state index in [1.807, 2.05) is 13.0 Å². The van der Waals surface area contributed by atoms with Gasteiger partial charge in [-0.2, -0.15) is 0 Å². The van der Waals surface area contributed by atoms with Crippen molar-refractivity contribution in [3.63, 3.8) is 0 Å². The monoisotopic (exact) mass is 208 g/mol. The van der Waals surface area contributed by atoms with E-state index in [1.165, 1.54) is 0 Å². The summed E-state index contributed by atoms with van der Waals surface area (Å²) in [5.41, 5.74) is 1.31. The van der Waals surface area contributed by atoms with Crippen molar-refractivity contribution >= 4 is 5.97 Å². The van der Waals surface area contributed by atoms with E-state index in [1.54, 1.807) is 12.1 Å². The molecule has 0 radical (unpaired) electrons. The van der Waals surface area contributed by atoms with Crippen LogP contribution in [0.2, 0.25) is 0 Å². The highest BCUT2D eigenvalue weighted by Gasteiger charge is 2.11. The van der Waals surface area contributed by atoms with Gasteiger partial charge >= 0.3 is 5.97 Å². The summed E-state index contributed by atoms with van der Waals surface area (Å²) in [6.07, 6.45) is 0. The van der Waals surface area contributed by atoms with Crippen LogP contribution in [0.3, 0.4) is 0 Å². The fraction of sp³-hybridized carbons (Fsp3) is 0.417. The van der Waals surface area contributed by atoms with Gasteiger partial charge in [0.15, 0.2) is 0 Å². The average Bonchev–Trinajstić information content (AvgIpc) is 2.17. The molecule has 0 aliphatic heterocycles. The van der Waals surface area contributed by atoms with Gasteiger partial charge in [0.25, 0.3) is 0 Å². The van der Waals surface area contributed by atoms with Crippen LogP contribution in [0, 0.1) is 0 Å². The Kier molecular flexibility index (Phi) is 3.72. The predicted molar refractivity (Wildman–Crippen MR) is 58.7 cm³/mol. The number of benzene rings is 1. The minimum atomic E-state index is -0.925. The van der Waals surface area contributed by atoms with E-state index in [0.29, 0.717) is 18.3 Å². The number of carbonyl (C=O) groups is 1. The molecule has 0 unspecified atom stereocenters. The minimum Gasteiger partial charge on any atom is -0.494 e. The summed E-state index contributed by atoms with van der Waals surface area (Å²) in [5, 5.41) is 8.85. The van der Waals surface area contributed by atoms with Crippen molar-refractivity contribution in [2.45, 2.75) is 26.7 Å². The van der Waals surface area contributed by atoms with E-state index < -0.39 is 5.97 Å². The number of hydrogen-bond acceptors (Lipinski definition) is 2. The number of carboxylic acids is 1. The van der Waals surface area contributed by atoms with Crippen LogP contribution in [-0.4, -0.2) is 17.7 Å². The van der Waals surface area contributed by atoms with Crippen LogP contribution < -0.4 is 4.74 Å². The van der Waals surface area contributed by atoms with E-state index >= 15 is 0 Å². The molecule has 82 valence electrons. The Morgan fingerprint density at radius 1 is 1.47 bits per heavy atom. The Hall–Kier alpha value is -1.51. The molecule has 3 nitrogen and oxygen atoms in total. The van der Waals surface area contributed by atoms with Crippen LogP contribution in [0.5, 0.6) is 5.75 Å². The van der Waals surface area contributed by atoms with Gasteiger partial charge in [-0.15, -0.1) is 0 Å². The zero-order valence-electron chi connectivity index (χ0n) is 9.28. The van der Waals surface area contributed by atoms with Crippen molar-refractivity contribution in [3.05, 3.63) is 29.3 Å². The molecule has 1 rings (SSSR count). The summed E-state index contributed by atoms with van der Waals surface area (Å²) in [6, 6.07) is 5.01. The van der Waals surface area contributed by atoms with E-state index in [2.05, 4.69) is 13.8 Å². The van der Waals surface area contributed by atoms with Gasteiger partial charge < -0.3 is 9.84 Å². The van der Waals surface area contributed by atoms with Gasteiger partial charge in [0.1, 0.15) is 5.75 Å². The van der Waals surface area contributed by atoms with Gasteiger partial charge in [0.2, 0.25) is 0 Å². The molecule has 3 heteroatoms. The third-order valence-electron chi connectivity index (χ3n) is 2.18. The lowest BCUT2D eigenvalue weighted by Crippen LogP contribution is -2.02. The summed E-state index contributed by atoms with van der Waals surface area (Å²) in [4.78, 5) is 10.8. The molecule has 0 heterocycles. The summed E-state index contributed by atoms with van der Waals surface area (Å²) >= 11 is 0. The van der Waals surface area contributed by atoms with Crippen molar-refractivity contribution in [2.24, 2.45) is 0 Å². The molecule has 1 N–H and O–H groups in total. The maximum atomic E-state index is 10.8. The Morgan fingerprint density at radius 3 is 2.60 bits per heavy atom. The quantitative estimate of drug-likeness (QED) is 0.827. The maximum absolute atomic E-state index is 10.8. The molecule has 0 saturated heterocycles. The van der Waals surface area contributed by atoms with Gasteiger partial charge in [0.05, 0.1) is 12.2 Å². The van der Waals surface area contributed by atoms with Crippen molar-refractivity contribution in [1.82, 2.24) is 0 Å². The lowest BCUT2D eigenvalue weighted by Gasteiger charge is -2.13. The molecule has 0 saturated carbocycles. The molecule has 0 amide bonds. The topological polar surface area (TPSA) is 46.5 Å². The molecule has 0 fully saturated rings. The Balaban J connectivity index is 3.14. The molecule has 0 spiro atoms. The van der Waals surface area contributed by atoms with Crippen LogP contribution in [0.25, 0.3) is 0 Å². The fourth-order valence-electron chi connectivity index (χ4n) is 1.42. The van der Waals surface area contributed by atoms with E-state index in [9.17, 15) is 4.79 Å². The maximum Gasteiger partial charge on any atom is 0.335 e. The Labute approximate surface area is 89.7 Å². The molecule has 0 atom stereocenters. The fourth-order valence-corrected chi connectivity index (χ4v) is 1.42. The van der Waals surface area contributed by atoms with Gasteiger partial charge in [-0.25, -0.2) is 4.79 Å². The van der Waals surface area contributed by atoms with Gasteiger partial charge in [0, 0.05) is 0 Å². The first-order valence-corrected chi connectivity index (χ1v) is 5.06. The molecular formula is C12H16O3. The largest absolute Gasteiger partial charge is 0.494 e. The SMILES string of the molecule is CCOc1cc(C(=O)O)ccc1C(C)C. The number of aromatic carboxylic acids is 1. The standard InChI is InChI=1S/C12H16O3/c1-4-15-11-7-9(12(13)14)5-6-10(11)8(2)3/h5-8H,4H2,1-3H3,(H,13,14). The summed E-state index contributed by atoms with van der Waals surface area (Å²) < 4.78 is 5.43.